The summed E-state index contributed by atoms with van der Waals surface area (Å²) in [5.74, 6) is -1.26. The normalized spacial score (nSPS) is 15.2. The Morgan fingerprint density at radius 1 is 1.00 bits per heavy atom. The molecule has 0 bridgehead atoms. The number of Topliss-reactive ketones (excluding diaryl/α,β-unsaturated/α-hetero) is 1. The molecule has 0 unspecified atom stereocenters. The summed E-state index contributed by atoms with van der Waals surface area (Å²) in [5, 5.41) is 28.1. The number of phenolic OH excluding ortho intramolecular Hbond substituents is 3. The van der Waals surface area contributed by atoms with Crippen molar-refractivity contribution < 1.29 is 24.9 Å². The highest BCUT2D eigenvalue weighted by Crippen LogP contribution is 2.37. The van der Waals surface area contributed by atoms with Crippen molar-refractivity contribution in [2.24, 2.45) is 0 Å². The number of phenols is 3. The average molecular weight is 270 g/mol. The number of allylic oxidation sites excluding steroid dienone is 1. The first-order valence-corrected chi connectivity index (χ1v) is 5.84. The zero-order valence-electron chi connectivity index (χ0n) is 10.2. The van der Waals surface area contributed by atoms with E-state index in [4.69, 9.17) is 4.74 Å². The summed E-state index contributed by atoms with van der Waals surface area (Å²) in [6.07, 6.45) is 1.39. The van der Waals surface area contributed by atoms with Crippen LogP contribution in [0.15, 0.2) is 42.2 Å². The zero-order chi connectivity index (χ0) is 14.3. The van der Waals surface area contributed by atoms with Gasteiger partial charge in [-0.05, 0) is 35.9 Å². The summed E-state index contributed by atoms with van der Waals surface area (Å²) in [6.45, 7) is 0. The van der Waals surface area contributed by atoms with E-state index in [1.165, 1.54) is 18.2 Å². The lowest BCUT2D eigenvalue weighted by Crippen LogP contribution is -1.97. The summed E-state index contributed by atoms with van der Waals surface area (Å²) in [6, 6.07) is 9.28. The van der Waals surface area contributed by atoms with Gasteiger partial charge in [0.2, 0.25) is 5.78 Å². The molecule has 0 aromatic heterocycles. The molecular formula is C15H10O5. The molecule has 0 fully saturated rings. The summed E-state index contributed by atoms with van der Waals surface area (Å²) < 4.78 is 5.42. The molecule has 2 aromatic carbocycles. The molecule has 0 atom stereocenters. The van der Waals surface area contributed by atoms with Crippen LogP contribution < -0.4 is 4.74 Å². The summed E-state index contributed by atoms with van der Waals surface area (Å²) in [5.41, 5.74) is 0.805. The number of ketones is 1. The molecule has 0 spiro atoms. The fraction of sp³-hybridized carbons (Fsp3) is 0. The van der Waals surface area contributed by atoms with E-state index in [-0.39, 0.29) is 11.5 Å². The maximum absolute atomic E-state index is 12.1. The van der Waals surface area contributed by atoms with Crippen molar-refractivity contribution in [1.82, 2.24) is 0 Å². The number of fused-ring (bicyclic) bond motifs is 1. The molecule has 1 aliphatic heterocycles. The maximum atomic E-state index is 12.1. The Labute approximate surface area is 114 Å². The number of hydrogen-bond donors (Lipinski definition) is 3. The third kappa shape index (κ3) is 1.85. The number of carbonyl (C=O) groups excluding carboxylic acids is 1. The standard InChI is InChI=1S/C15H10O5/c16-10-5-8(6-11(17)15(10)19)7-13-14(18)9-3-1-2-4-12(9)20-13/h1-7,16-17,19H. The van der Waals surface area contributed by atoms with Gasteiger partial charge < -0.3 is 20.1 Å². The van der Waals surface area contributed by atoms with E-state index < -0.39 is 17.2 Å². The maximum Gasteiger partial charge on any atom is 0.231 e. The van der Waals surface area contributed by atoms with Crippen LogP contribution in [0.1, 0.15) is 15.9 Å². The molecule has 0 radical (unpaired) electrons. The van der Waals surface area contributed by atoms with Gasteiger partial charge in [0.05, 0.1) is 5.56 Å². The zero-order valence-corrected chi connectivity index (χ0v) is 10.2. The smallest absolute Gasteiger partial charge is 0.231 e. The summed E-state index contributed by atoms with van der Waals surface area (Å²) >= 11 is 0. The largest absolute Gasteiger partial charge is 0.504 e. The second-order valence-corrected chi connectivity index (χ2v) is 4.34. The third-order valence-corrected chi connectivity index (χ3v) is 2.97. The fourth-order valence-corrected chi connectivity index (χ4v) is 2.00. The van der Waals surface area contributed by atoms with Gasteiger partial charge in [-0.2, -0.15) is 0 Å². The minimum Gasteiger partial charge on any atom is -0.504 e. The fourth-order valence-electron chi connectivity index (χ4n) is 2.00. The minimum absolute atomic E-state index is 0.0932. The second-order valence-electron chi connectivity index (χ2n) is 4.34. The molecule has 0 amide bonds. The van der Waals surface area contributed by atoms with Gasteiger partial charge >= 0.3 is 0 Å². The Morgan fingerprint density at radius 3 is 2.30 bits per heavy atom. The number of ether oxygens (including phenoxy) is 1. The van der Waals surface area contributed by atoms with Crippen LogP contribution in [0.3, 0.4) is 0 Å². The van der Waals surface area contributed by atoms with Crippen LogP contribution in [0, 0.1) is 0 Å². The van der Waals surface area contributed by atoms with E-state index in [0.29, 0.717) is 16.9 Å². The van der Waals surface area contributed by atoms with Crippen LogP contribution in [-0.2, 0) is 0 Å². The topological polar surface area (TPSA) is 87.0 Å². The Bertz CT molecular complexity index is 723. The van der Waals surface area contributed by atoms with Gasteiger partial charge in [-0.1, -0.05) is 12.1 Å². The van der Waals surface area contributed by atoms with Crippen LogP contribution >= 0.6 is 0 Å². The van der Waals surface area contributed by atoms with Gasteiger partial charge in [0, 0.05) is 0 Å². The number of para-hydroxylation sites is 1. The molecule has 20 heavy (non-hydrogen) atoms. The molecule has 0 saturated heterocycles. The van der Waals surface area contributed by atoms with Gasteiger partial charge in [-0.25, -0.2) is 0 Å². The van der Waals surface area contributed by atoms with Crippen LogP contribution in [0.4, 0.5) is 0 Å². The highest BCUT2D eigenvalue weighted by atomic mass is 16.5. The SMILES string of the molecule is O=C1C(=Cc2cc(O)c(O)c(O)c2)Oc2ccccc21. The molecule has 0 saturated carbocycles. The van der Waals surface area contributed by atoms with Crippen LogP contribution in [-0.4, -0.2) is 21.1 Å². The molecule has 5 heteroatoms. The van der Waals surface area contributed by atoms with Crippen molar-refractivity contribution in [3.63, 3.8) is 0 Å². The van der Waals surface area contributed by atoms with Gasteiger partial charge in [-0.15, -0.1) is 0 Å². The number of benzene rings is 2. The molecule has 3 N–H and O–H groups in total. The van der Waals surface area contributed by atoms with Crippen molar-refractivity contribution in [2.75, 3.05) is 0 Å². The monoisotopic (exact) mass is 270 g/mol. The van der Waals surface area contributed by atoms with Crippen LogP contribution in [0.5, 0.6) is 23.0 Å². The lowest BCUT2D eigenvalue weighted by Gasteiger charge is -2.03. The molecule has 1 heterocycles. The van der Waals surface area contributed by atoms with Gasteiger partial charge in [0.25, 0.3) is 0 Å². The van der Waals surface area contributed by atoms with Gasteiger partial charge in [-0.3, -0.25) is 4.79 Å². The Hall–Kier alpha value is -2.95. The molecule has 1 aliphatic rings. The predicted molar refractivity (Wildman–Crippen MR) is 70.8 cm³/mol. The summed E-state index contributed by atoms with van der Waals surface area (Å²) in [4.78, 5) is 12.1. The molecule has 3 rings (SSSR count). The van der Waals surface area contributed by atoms with E-state index in [2.05, 4.69) is 0 Å². The Balaban J connectivity index is 2.02. The van der Waals surface area contributed by atoms with Crippen molar-refractivity contribution in [3.8, 4) is 23.0 Å². The number of hydrogen-bond acceptors (Lipinski definition) is 5. The molecular weight excluding hydrogens is 260 g/mol. The molecule has 5 nitrogen and oxygen atoms in total. The van der Waals surface area contributed by atoms with Crippen molar-refractivity contribution in [1.29, 1.82) is 0 Å². The minimum atomic E-state index is -0.603. The number of carbonyl (C=O) groups is 1. The predicted octanol–water partition coefficient (Wildman–Crippen LogP) is 2.42. The van der Waals surface area contributed by atoms with Crippen LogP contribution in [0.2, 0.25) is 0 Å². The third-order valence-electron chi connectivity index (χ3n) is 2.97. The molecule has 2 aromatic rings. The van der Waals surface area contributed by atoms with Gasteiger partial charge in [0.15, 0.2) is 23.0 Å². The summed E-state index contributed by atoms with van der Waals surface area (Å²) in [7, 11) is 0. The van der Waals surface area contributed by atoms with E-state index in [1.54, 1.807) is 24.3 Å². The lowest BCUT2D eigenvalue weighted by molar-refractivity contribution is 0.101. The van der Waals surface area contributed by atoms with E-state index >= 15 is 0 Å². The quantitative estimate of drug-likeness (QED) is 0.547. The molecule has 0 aliphatic carbocycles. The van der Waals surface area contributed by atoms with Crippen LogP contribution in [0.25, 0.3) is 6.08 Å². The Kier molecular flexibility index (Phi) is 2.61. The first-order chi connectivity index (χ1) is 9.56. The lowest BCUT2D eigenvalue weighted by atomic mass is 10.1. The van der Waals surface area contributed by atoms with E-state index in [9.17, 15) is 20.1 Å². The first kappa shape index (κ1) is 12.1. The molecule has 100 valence electrons. The Morgan fingerprint density at radius 2 is 1.65 bits per heavy atom. The van der Waals surface area contributed by atoms with E-state index in [1.807, 2.05) is 0 Å². The van der Waals surface area contributed by atoms with Gasteiger partial charge in [0.1, 0.15) is 5.75 Å². The van der Waals surface area contributed by atoms with Crippen molar-refractivity contribution in [2.45, 2.75) is 0 Å². The van der Waals surface area contributed by atoms with Crippen molar-refractivity contribution in [3.05, 3.63) is 53.3 Å². The number of aromatic hydroxyl groups is 3. The number of rotatable bonds is 1. The van der Waals surface area contributed by atoms with E-state index in [0.717, 1.165) is 0 Å². The van der Waals surface area contributed by atoms with Crippen molar-refractivity contribution >= 4 is 11.9 Å². The highest BCUT2D eigenvalue weighted by molar-refractivity contribution is 6.14. The average Bonchev–Trinajstić information content (AvgIpc) is 2.73. The first-order valence-electron chi connectivity index (χ1n) is 5.84. The second kappa shape index (κ2) is 4.31. The highest BCUT2D eigenvalue weighted by Gasteiger charge is 2.26.